The van der Waals surface area contributed by atoms with Crippen molar-refractivity contribution in [3.8, 4) is 5.75 Å². The third-order valence-corrected chi connectivity index (χ3v) is 4.91. The summed E-state index contributed by atoms with van der Waals surface area (Å²) in [7, 11) is 1.62. The Morgan fingerprint density at radius 3 is 2.63 bits per heavy atom. The van der Waals surface area contributed by atoms with Crippen LogP contribution in [0.15, 0.2) is 30.5 Å². The van der Waals surface area contributed by atoms with E-state index in [0.29, 0.717) is 19.8 Å². The summed E-state index contributed by atoms with van der Waals surface area (Å²) >= 11 is 0. The smallest absolute Gasteiger partial charge is 0.433 e. The lowest BCUT2D eigenvalue weighted by Crippen LogP contribution is -2.40. The monoisotopic (exact) mass is 381 g/mol. The first kappa shape index (κ1) is 19.4. The number of alkyl halides is 3. The van der Waals surface area contributed by atoms with E-state index in [2.05, 4.69) is 21.4 Å². The molecule has 0 aliphatic carbocycles. The number of rotatable bonds is 5. The van der Waals surface area contributed by atoms with Crippen LogP contribution in [-0.2, 0) is 16.3 Å². The Morgan fingerprint density at radius 2 is 1.96 bits per heavy atom. The molecule has 0 radical (unpaired) electrons. The summed E-state index contributed by atoms with van der Waals surface area (Å²) in [6, 6.07) is 6.82. The van der Waals surface area contributed by atoms with E-state index in [1.54, 1.807) is 7.11 Å². The summed E-state index contributed by atoms with van der Waals surface area (Å²) in [6.45, 7) is 3.53. The van der Waals surface area contributed by atoms with Crippen molar-refractivity contribution in [2.45, 2.75) is 31.4 Å². The van der Waals surface area contributed by atoms with Crippen LogP contribution in [0.1, 0.15) is 29.7 Å². The molecule has 1 saturated heterocycles. The summed E-state index contributed by atoms with van der Waals surface area (Å²) in [5.41, 5.74) is 0.807. The normalized spacial score (nSPS) is 16.8. The maximum atomic E-state index is 12.9. The maximum Gasteiger partial charge on any atom is 0.433 e. The molecule has 5 nitrogen and oxygen atoms in total. The Labute approximate surface area is 155 Å². The highest BCUT2D eigenvalue weighted by Crippen LogP contribution is 2.40. The van der Waals surface area contributed by atoms with Crippen molar-refractivity contribution in [1.29, 1.82) is 0 Å². The van der Waals surface area contributed by atoms with Gasteiger partial charge in [-0.25, -0.2) is 9.97 Å². The van der Waals surface area contributed by atoms with Gasteiger partial charge >= 0.3 is 6.18 Å². The number of hydrogen-bond acceptors (Lipinski definition) is 5. The predicted molar refractivity (Wildman–Crippen MR) is 95.0 cm³/mol. The van der Waals surface area contributed by atoms with Crippen LogP contribution in [-0.4, -0.2) is 36.8 Å². The first-order valence-electron chi connectivity index (χ1n) is 8.71. The summed E-state index contributed by atoms with van der Waals surface area (Å²) in [5.74, 6) is 0.719. The van der Waals surface area contributed by atoms with E-state index in [4.69, 9.17) is 9.47 Å². The minimum atomic E-state index is -4.50. The first-order valence-corrected chi connectivity index (χ1v) is 8.71. The number of nitrogens with one attached hydrogen (secondary N) is 1. The van der Waals surface area contributed by atoms with E-state index in [1.807, 2.05) is 19.1 Å². The lowest BCUT2D eigenvalue weighted by atomic mass is 9.73. The zero-order valence-corrected chi connectivity index (χ0v) is 15.3. The van der Waals surface area contributed by atoms with Gasteiger partial charge < -0.3 is 14.8 Å². The highest BCUT2D eigenvalue weighted by atomic mass is 19.4. The van der Waals surface area contributed by atoms with Crippen molar-refractivity contribution in [2.24, 2.45) is 0 Å². The quantitative estimate of drug-likeness (QED) is 0.849. The Hall–Kier alpha value is -2.35. The molecule has 0 atom stereocenters. The number of ether oxygens (including phenoxy) is 2. The van der Waals surface area contributed by atoms with E-state index in [-0.39, 0.29) is 11.4 Å². The van der Waals surface area contributed by atoms with Crippen LogP contribution < -0.4 is 10.1 Å². The third kappa shape index (κ3) is 4.32. The molecule has 0 spiro atoms. The zero-order valence-electron chi connectivity index (χ0n) is 15.3. The van der Waals surface area contributed by atoms with Gasteiger partial charge in [0.25, 0.3) is 0 Å². The molecule has 1 aromatic heterocycles. The van der Waals surface area contributed by atoms with Gasteiger partial charge in [0.2, 0.25) is 5.95 Å². The van der Waals surface area contributed by atoms with Crippen molar-refractivity contribution in [3.05, 3.63) is 47.3 Å². The fourth-order valence-corrected chi connectivity index (χ4v) is 3.39. The predicted octanol–water partition coefficient (Wildman–Crippen LogP) is 3.97. The van der Waals surface area contributed by atoms with Crippen molar-refractivity contribution >= 4 is 5.95 Å². The second kappa shape index (κ2) is 7.72. The Kier molecular flexibility index (Phi) is 5.55. The molecule has 1 fully saturated rings. The number of aromatic nitrogens is 2. The number of aryl methyl sites for hydroxylation is 1. The van der Waals surface area contributed by atoms with Gasteiger partial charge in [-0.15, -0.1) is 0 Å². The molecule has 0 unspecified atom stereocenters. The van der Waals surface area contributed by atoms with Gasteiger partial charge in [0.15, 0.2) is 0 Å². The fraction of sp³-hybridized carbons (Fsp3) is 0.474. The largest absolute Gasteiger partial charge is 0.496 e. The minimum absolute atomic E-state index is 0.0395. The standard InChI is InChI=1S/C19H22F3N3O2/c1-13-3-4-15(26-2)14(11-13)18(6-9-27-10-7-18)12-24-17-23-8-5-16(25-17)19(20,21)22/h3-5,8,11H,6-7,9-10,12H2,1-2H3,(H,23,24,25). The van der Waals surface area contributed by atoms with E-state index < -0.39 is 11.9 Å². The van der Waals surface area contributed by atoms with Gasteiger partial charge in [-0.1, -0.05) is 17.7 Å². The van der Waals surface area contributed by atoms with E-state index >= 15 is 0 Å². The average molecular weight is 381 g/mol. The molecule has 3 rings (SSSR count). The van der Waals surface area contributed by atoms with Crippen LogP contribution >= 0.6 is 0 Å². The molecule has 8 heteroatoms. The maximum absolute atomic E-state index is 12.9. The highest BCUT2D eigenvalue weighted by molar-refractivity contribution is 5.44. The molecular formula is C19H22F3N3O2. The van der Waals surface area contributed by atoms with Crippen LogP contribution in [0.5, 0.6) is 5.75 Å². The van der Waals surface area contributed by atoms with Gasteiger partial charge in [-0.3, -0.25) is 0 Å². The fourth-order valence-electron chi connectivity index (χ4n) is 3.39. The van der Waals surface area contributed by atoms with Gasteiger partial charge in [0.05, 0.1) is 7.11 Å². The van der Waals surface area contributed by atoms with Crippen molar-refractivity contribution < 1.29 is 22.6 Å². The number of halogens is 3. The van der Waals surface area contributed by atoms with Gasteiger partial charge in [0.1, 0.15) is 11.4 Å². The Balaban J connectivity index is 1.90. The Bertz CT molecular complexity index is 790. The summed E-state index contributed by atoms with van der Waals surface area (Å²) in [4.78, 5) is 7.54. The van der Waals surface area contributed by atoms with Crippen molar-refractivity contribution in [2.75, 3.05) is 32.2 Å². The van der Waals surface area contributed by atoms with Crippen LogP contribution in [0, 0.1) is 6.92 Å². The molecule has 2 heterocycles. The van der Waals surface area contributed by atoms with Gasteiger partial charge in [0, 0.05) is 36.9 Å². The van der Waals surface area contributed by atoms with Crippen LogP contribution in [0.25, 0.3) is 0 Å². The number of methoxy groups -OCH3 is 1. The van der Waals surface area contributed by atoms with Crippen LogP contribution in [0.4, 0.5) is 19.1 Å². The molecule has 1 aliphatic heterocycles. The second-order valence-electron chi connectivity index (χ2n) is 6.71. The lowest BCUT2D eigenvalue weighted by Gasteiger charge is -2.38. The third-order valence-electron chi connectivity index (χ3n) is 4.91. The molecule has 27 heavy (non-hydrogen) atoms. The van der Waals surface area contributed by atoms with E-state index in [1.165, 1.54) is 0 Å². The molecule has 146 valence electrons. The molecule has 1 aliphatic rings. The number of hydrogen-bond donors (Lipinski definition) is 1. The Morgan fingerprint density at radius 1 is 1.22 bits per heavy atom. The van der Waals surface area contributed by atoms with E-state index in [0.717, 1.165) is 42.0 Å². The number of benzene rings is 1. The van der Waals surface area contributed by atoms with Crippen molar-refractivity contribution in [3.63, 3.8) is 0 Å². The topological polar surface area (TPSA) is 56.3 Å². The molecule has 1 aromatic carbocycles. The SMILES string of the molecule is COc1ccc(C)cc1C1(CNc2nccc(C(F)(F)F)n2)CCOCC1. The molecule has 0 saturated carbocycles. The number of nitrogens with zero attached hydrogens (tertiary/aromatic N) is 2. The number of anilines is 1. The summed E-state index contributed by atoms with van der Waals surface area (Å²) in [6.07, 6.45) is -1.95. The van der Waals surface area contributed by atoms with Crippen molar-refractivity contribution in [1.82, 2.24) is 9.97 Å². The molecular weight excluding hydrogens is 359 g/mol. The first-order chi connectivity index (χ1) is 12.8. The van der Waals surface area contributed by atoms with Gasteiger partial charge in [-0.05, 0) is 31.9 Å². The lowest BCUT2D eigenvalue weighted by molar-refractivity contribution is -0.141. The van der Waals surface area contributed by atoms with E-state index in [9.17, 15) is 13.2 Å². The van der Waals surface area contributed by atoms with Gasteiger partial charge in [-0.2, -0.15) is 13.2 Å². The van der Waals surface area contributed by atoms with Crippen LogP contribution in [0.2, 0.25) is 0 Å². The summed E-state index contributed by atoms with van der Waals surface area (Å²) < 4.78 is 49.7. The average Bonchev–Trinajstić information content (AvgIpc) is 2.67. The highest BCUT2D eigenvalue weighted by Gasteiger charge is 2.37. The molecule has 0 bridgehead atoms. The minimum Gasteiger partial charge on any atom is -0.496 e. The second-order valence-corrected chi connectivity index (χ2v) is 6.71. The molecule has 1 N–H and O–H groups in total. The van der Waals surface area contributed by atoms with Crippen LogP contribution in [0.3, 0.4) is 0 Å². The molecule has 2 aromatic rings. The zero-order chi connectivity index (χ0) is 19.5. The molecule has 0 amide bonds. The summed E-state index contributed by atoms with van der Waals surface area (Å²) in [5, 5.41) is 3.00.